The molecule has 30 heavy (non-hydrogen) atoms. The predicted molar refractivity (Wildman–Crippen MR) is 107 cm³/mol. The fourth-order valence-corrected chi connectivity index (χ4v) is 3.54. The van der Waals surface area contributed by atoms with E-state index in [9.17, 15) is 23.1 Å². The normalized spacial score (nSPS) is 19.4. The van der Waals surface area contributed by atoms with Gasteiger partial charge in [-0.3, -0.25) is 4.79 Å². The molecule has 1 aromatic carbocycles. The molecule has 1 heterocycles. The molecule has 1 saturated carbocycles. The van der Waals surface area contributed by atoms with Crippen LogP contribution in [0.4, 0.5) is 13.2 Å². The predicted octanol–water partition coefficient (Wildman–Crippen LogP) is 5.03. The first-order valence-electron chi connectivity index (χ1n) is 9.28. The SMILES string of the molecule is O=C(N[C@@H]1CCCC[C@@H]1O)c1cnc(OCC(F)(F)F)c(-c2ccc(Cl)c(Cl)c2)c1. The molecule has 10 heteroatoms. The number of hydrogen-bond acceptors (Lipinski definition) is 4. The van der Waals surface area contributed by atoms with Gasteiger partial charge in [0, 0.05) is 11.8 Å². The first kappa shape index (κ1) is 22.7. The highest BCUT2D eigenvalue weighted by Gasteiger charge is 2.30. The van der Waals surface area contributed by atoms with Crippen molar-refractivity contribution in [2.24, 2.45) is 0 Å². The Morgan fingerprint density at radius 3 is 2.60 bits per heavy atom. The number of aliphatic hydroxyl groups is 1. The third-order valence-electron chi connectivity index (χ3n) is 4.76. The number of aromatic nitrogens is 1. The zero-order valence-corrected chi connectivity index (χ0v) is 17.2. The molecule has 3 rings (SSSR count). The van der Waals surface area contributed by atoms with Crippen LogP contribution in [-0.4, -0.2) is 40.9 Å². The van der Waals surface area contributed by atoms with Gasteiger partial charge in [-0.05, 0) is 36.6 Å². The monoisotopic (exact) mass is 462 g/mol. The number of pyridine rings is 1. The van der Waals surface area contributed by atoms with Gasteiger partial charge in [-0.1, -0.05) is 42.1 Å². The van der Waals surface area contributed by atoms with Crippen molar-refractivity contribution in [3.63, 3.8) is 0 Å². The Labute approximate surface area is 181 Å². The van der Waals surface area contributed by atoms with E-state index in [0.29, 0.717) is 18.4 Å². The van der Waals surface area contributed by atoms with Gasteiger partial charge in [0.25, 0.3) is 5.91 Å². The highest BCUT2D eigenvalue weighted by atomic mass is 35.5. The van der Waals surface area contributed by atoms with E-state index in [0.717, 1.165) is 19.0 Å². The molecule has 0 spiro atoms. The number of nitrogens with zero attached hydrogens (tertiary/aromatic N) is 1. The molecular weight excluding hydrogens is 444 g/mol. The maximum absolute atomic E-state index is 12.7. The molecule has 0 aliphatic heterocycles. The molecule has 5 nitrogen and oxygen atoms in total. The number of alkyl halides is 3. The largest absolute Gasteiger partial charge is 0.468 e. The van der Waals surface area contributed by atoms with E-state index in [2.05, 4.69) is 10.3 Å². The quantitative estimate of drug-likeness (QED) is 0.653. The smallest absolute Gasteiger partial charge is 0.422 e. The Bertz CT molecular complexity index is 925. The second kappa shape index (κ2) is 9.41. The molecule has 1 aliphatic carbocycles. The lowest BCUT2D eigenvalue weighted by molar-refractivity contribution is -0.154. The van der Waals surface area contributed by atoms with Crippen molar-refractivity contribution in [2.75, 3.05) is 6.61 Å². The van der Waals surface area contributed by atoms with E-state index < -0.39 is 24.8 Å². The van der Waals surface area contributed by atoms with E-state index >= 15 is 0 Å². The fraction of sp³-hybridized carbons (Fsp3) is 0.400. The summed E-state index contributed by atoms with van der Waals surface area (Å²) in [5.41, 5.74) is 0.671. The lowest BCUT2D eigenvalue weighted by Crippen LogP contribution is -2.45. The van der Waals surface area contributed by atoms with E-state index in [-0.39, 0.29) is 33.1 Å². The number of halogens is 5. The highest BCUT2D eigenvalue weighted by Crippen LogP contribution is 2.34. The number of hydrogen-bond donors (Lipinski definition) is 2. The maximum atomic E-state index is 12.7. The topological polar surface area (TPSA) is 71.5 Å². The van der Waals surface area contributed by atoms with Crippen LogP contribution < -0.4 is 10.1 Å². The van der Waals surface area contributed by atoms with E-state index in [4.69, 9.17) is 27.9 Å². The van der Waals surface area contributed by atoms with E-state index in [1.165, 1.54) is 24.3 Å². The number of amides is 1. The average molecular weight is 463 g/mol. The van der Waals surface area contributed by atoms with Gasteiger partial charge in [-0.15, -0.1) is 0 Å². The van der Waals surface area contributed by atoms with Crippen molar-refractivity contribution in [3.8, 4) is 17.0 Å². The zero-order valence-electron chi connectivity index (χ0n) is 15.7. The van der Waals surface area contributed by atoms with Crippen LogP contribution in [0.5, 0.6) is 5.88 Å². The minimum atomic E-state index is -4.55. The average Bonchev–Trinajstić information content (AvgIpc) is 2.69. The van der Waals surface area contributed by atoms with Crippen LogP contribution in [0, 0.1) is 0 Å². The van der Waals surface area contributed by atoms with Gasteiger partial charge in [0.15, 0.2) is 6.61 Å². The Balaban J connectivity index is 1.91. The molecule has 0 saturated heterocycles. The van der Waals surface area contributed by atoms with Gasteiger partial charge in [-0.25, -0.2) is 4.98 Å². The standard InChI is InChI=1S/C20H19Cl2F3N2O3/c21-14-6-5-11(8-15(14)22)13-7-12(9-26-19(13)30-10-20(23,24)25)18(29)27-16-3-1-2-4-17(16)28/h5-9,16-17,28H,1-4,10H2,(H,27,29)/t16-,17+/m1/s1. The lowest BCUT2D eigenvalue weighted by atomic mass is 9.92. The molecule has 162 valence electrons. The van der Waals surface area contributed by atoms with Crippen LogP contribution >= 0.6 is 23.2 Å². The summed E-state index contributed by atoms with van der Waals surface area (Å²) in [5, 5.41) is 13.3. The fourth-order valence-electron chi connectivity index (χ4n) is 3.24. The molecular formula is C20H19Cl2F3N2O3. The second-order valence-electron chi connectivity index (χ2n) is 7.04. The number of aliphatic hydroxyl groups excluding tert-OH is 1. The lowest BCUT2D eigenvalue weighted by Gasteiger charge is -2.28. The minimum Gasteiger partial charge on any atom is -0.468 e. The third-order valence-corrected chi connectivity index (χ3v) is 5.50. The summed E-state index contributed by atoms with van der Waals surface area (Å²) >= 11 is 12.0. The van der Waals surface area contributed by atoms with Crippen LogP contribution in [0.25, 0.3) is 11.1 Å². The van der Waals surface area contributed by atoms with Crippen LogP contribution in [0.15, 0.2) is 30.5 Å². The van der Waals surface area contributed by atoms with Crippen molar-refractivity contribution in [2.45, 2.75) is 44.0 Å². The van der Waals surface area contributed by atoms with Gasteiger partial charge >= 0.3 is 6.18 Å². The Kier molecular flexibility index (Phi) is 7.10. The van der Waals surface area contributed by atoms with Crippen molar-refractivity contribution in [1.29, 1.82) is 0 Å². The molecule has 1 aromatic heterocycles. The van der Waals surface area contributed by atoms with Crippen LogP contribution in [0.1, 0.15) is 36.0 Å². The summed E-state index contributed by atoms with van der Waals surface area (Å²) in [6, 6.07) is 5.47. The van der Waals surface area contributed by atoms with Crippen LogP contribution in [0.3, 0.4) is 0 Å². The van der Waals surface area contributed by atoms with Crippen molar-refractivity contribution in [3.05, 3.63) is 46.1 Å². The summed E-state index contributed by atoms with van der Waals surface area (Å²) < 4.78 is 42.7. The summed E-state index contributed by atoms with van der Waals surface area (Å²) in [5.74, 6) is -0.780. The van der Waals surface area contributed by atoms with Gasteiger partial charge in [0.2, 0.25) is 5.88 Å². The zero-order chi connectivity index (χ0) is 21.9. The Morgan fingerprint density at radius 1 is 1.20 bits per heavy atom. The number of ether oxygens (including phenoxy) is 1. The van der Waals surface area contributed by atoms with Gasteiger partial charge in [-0.2, -0.15) is 13.2 Å². The molecule has 0 unspecified atom stereocenters. The molecule has 1 aliphatic rings. The Hall–Kier alpha value is -2.03. The minimum absolute atomic E-state index is 0.119. The number of carbonyl (C=O) groups excluding carboxylic acids is 1. The second-order valence-corrected chi connectivity index (χ2v) is 7.86. The van der Waals surface area contributed by atoms with Gasteiger partial charge in [0.05, 0.1) is 27.8 Å². The summed E-state index contributed by atoms with van der Waals surface area (Å²) in [6.45, 7) is -1.53. The number of nitrogens with one attached hydrogen (secondary N) is 1. The van der Waals surface area contributed by atoms with Crippen molar-refractivity contribution in [1.82, 2.24) is 10.3 Å². The molecule has 1 amide bonds. The summed E-state index contributed by atoms with van der Waals surface area (Å²) in [4.78, 5) is 16.6. The highest BCUT2D eigenvalue weighted by molar-refractivity contribution is 6.42. The van der Waals surface area contributed by atoms with Crippen molar-refractivity contribution < 1.29 is 27.8 Å². The van der Waals surface area contributed by atoms with E-state index in [1.807, 2.05) is 0 Å². The summed E-state index contributed by atoms with van der Waals surface area (Å²) in [6.07, 6.45) is -1.03. The molecule has 0 radical (unpaired) electrons. The van der Waals surface area contributed by atoms with Crippen LogP contribution in [0.2, 0.25) is 10.0 Å². The number of carbonyl (C=O) groups is 1. The van der Waals surface area contributed by atoms with Crippen LogP contribution in [-0.2, 0) is 0 Å². The van der Waals surface area contributed by atoms with Gasteiger partial charge < -0.3 is 15.2 Å². The number of rotatable bonds is 5. The molecule has 0 bridgehead atoms. The first-order chi connectivity index (χ1) is 14.1. The maximum Gasteiger partial charge on any atom is 0.422 e. The molecule has 2 atom stereocenters. The third kappa shape index (κ3) is 5.77. The first-order valence-corrected chi connectivity index (χ1v) is 10.0. The van der Waals surface area contributed by atoms with E-state index in [1.54, 1.807) is 0 Å². The summed E-state index contributed by atoms with van der Waals surface area (Å²) in [7, 11) is 0. The Morgan fingerprint density at radius 2 is 1.93 bits per heavy atom. The van der Waals surface area contributed by atoms with Crippen molar-refractivity contribution >= 4 is 29.1 Å². The molecule has 2 aromatic rings. The van der Waals surface area contributed by atoms with Gasteiger partial charge in [0.1, 0.15) is 0 Å². The molecule has 2 N–H and O–H groups in total. The number of benzene rings is 1. The molecule has 1 fully saturated rings.